The summed E-state index contributed by atoms with van der Waals surface area (Å²) in [6, 6.07) is 3.88. The molecule has 1 fully saturated rings. The molecule has 3 aromatic heterocycles. The van der Waals surface area contributed by atoms with E-state index in [4.69, 9.17) is 4.98 Å². The molecule has 1 aliphatic rings. The maximum absolute atomic E-state index is 12.7. The summed E-state index contributed by atoms with van der Waals surface area (Å²) >= 11 is 3.01. The molecule has 27 heavy (non-hydrogen) atoms. The normalized spacial score (nSPS) is 14.2. The summed E-state index contributed by atoms with van der Waals surface area (Å²) in [5, 5.41) is 5.68. The Hall–Kier alpha value is -2.26. The van der Waals surface area contributed by atoms with E-state index in [-0.39, 0.29) is 12.5 Å². The fourth-order valence-corrected chi connectivity index (χ4v) is 4.99. The minimum atomic E-state index is -0.408. The summed E-state index contributed by atoms with van der Waals surface area (Å²) in [6.45, 7) is 4.51. The summed E-state index contributed by atoms with van der Waals surface area (Å²) in [6.07, 6.45) is 3.15. The van der Waals surface area contributed by atoms with E-state index in [1.165, 1.54) is 27.2 Å². The van der Waals surface area contributed by atoms with Crippen LogP contribution in [0.3, 0.4) is 0 Å². The van der Waals surface area contributed by atoms with Crippen molar-refractivity contribution in [3.63, 3.8) is 0 Å². The molecular formula is C18H21N5O2S2. The van der Waals surface area contributed by atoms with Gasteiger partial charge in [0.25, 0.3) is 0 Å². The molecule has 7 nitrogen and oxygen atoms in total. The van der Waals surface area contributed by atoms with Crippen LogP contribution in [0.25, 0.3) is 20.9 Å². The Morgan fingerprint density at radius 1 is 1.30 bits per heavy atom. The number of hydrogen-bond donors (Lipinski definition) is 1. The van der Waals surface area contributed by atoms with Crippen molar-refractivity contribution >= 4 is 44.1 Å². The van der Waals surface area contributed by atoms with Gasteiger partial charge in [-0.05, 0) is 30.7 Å². The SMILES string of the molecule is CCCNC(=O)Cn1c(=O)nc(-c2cccs2)c2nc(N3CCCC3)sc21. The van der Waals surface area contributed by atoms with Crippen molar-refractivity contribution in [1.29, 1.82) is 0 Å². The Kier molecular flexibility index (Phi) is 5.22. The van der Waals surface area contributed by atoms with Gasteiger partial charge in [0.05, 0.1) is 4.88 Å². The lowest BCUT2D eigenvalue weighted by atomic mass is 10.3. The molecule has 1 saturated heterocycles. The van der Waals surface area contributed by atoms with Crippen LogP contribution in [0.2, 0.25) is 0 Å². The number of carbonyl (C=O) groups is 1. The van der Waals surface area contributed by atoms with Gasteiger partial charge in [-0.2, -0.15) is 4.98 Å². The lowest BCUT2D eigenvalue weighted by Gasteiger charge is -2.11. The van der Waals surface area contributed by atoms with Crippen LogP contribution in [0.1, 0.15) is 26.2 Å². The largest absolute Gasteiger partial charge is 0.355 e. The molecule has 4 rings (SSSR count). The van der Waals surface area contributed by atoms with Gasteiger partial charge < -0.3 is 10.2 Å². The number of thiazole rings is 1. The van der Waals surface area contributed by atoms with Crippen molar-refractivity contribution < 1.29 is 4.79 Å². The highest BCUT2D eigenvalue weighted by Gasteiger charge is 2.22. The first kappa shape index (κ1) is 18.1. The first-order valence-corrected chi connectivity index (χ1v) is 10.8. The summed E-state index contributed by atoms with van der Waals surface area (Å²) in [5.41, 5.74) is 0.901. The zero-order valence-electron chi connectivity index (χ0n) is 15.1. The molecule has 0 bridgehead atoms. The van der Waals surface area contributed by atoms with Crippen LogP contribution in [0.5, 0.6) is 0 Å². The highest BCUT2D eigenvalue weighted by atomic mass is 32.1. The summed E-state index contributed by atoms with van der Waals surface area (Å²) < 4.78 is 1.45. The number of hydrogen-bond acceptors (Lipinski definition) is 7. The van der Waals surface area contributed by atoms with E-state index < -0.39 is 5.69 Å². The van der Waals surface area contributed by atoms with Crippen LogP contribution in [0, 0.1) is 0 Å². The molecule has 0 spiro atoms. The highest BCUT2D eigenvalue weighted by molar-refractivity contribution is 7.22. The predicted octanol–water partition coefficient (Wildman–Crippen LogP) is 2.71. The molecule has 0 saturated carbocycles. The van der Waals surface area contributed by atoms with Gasteiger partial charge in [-0.15, -0.1) is 11.3 Å². The molecule has 0 aromatic carbocycles. The second-order valence-electron chi connectivity index (χ2n) is 6.50. The standard InChI is InChI=1S/C18H21N5O2S2/c1-2-7-19-13(24)11-23-16-15(21-18(27-16)22-8-3-4-9-22)14(20-17(23)25)12-6-5-10-26-12/h5-6,10H,2-4,7-9,11H2,1H3,(H,19,24). The average molecular weight is 404 g/mol. The molecule has 9 heteroatoms. The number of rotatable bonds is 6. The molecular weight excluding hydrogens is 382 g/mol. The Bertz CT molecular complexity index is 1000. The van der Waals surface area contributed by atoms with Gasteiger partial charge in [0, 0.05) is 19.6 Å². The van der Waals surface area contributed by atoms with Crippen molar-refractivity contribution in [1.82, 2.24) is 19.9 Å². The number of carbonyl (C=O) groups excluding carboxylic acids is 1. The number of anilines is 1. The lowest BCUT2D eigenvalue weighted by Crippen LogP contribution is -2.33. The third-order valence-corrected chi connectivity index (χ3v) is 6.53. The molecule has 0 radical (unpaired) electrons. The van der Waals surface area contributed by atoms with Gasteiger partial charge in [0.1, 0.15) is 22.6 Å². The number of nitrogens with zero attached hydrogens (tertiary/aromatic N) is 4. The zero-order valence-corrected chi connectivity index (χ0v) is 16.7. The van der Waals surface area contributed by atoms with E-state index in [2.05, 4.69) is 15.2 Å². The zero-order chi connectivity index (χ0) is 18.8. The van der Waals surface area contributed by atoms with Crippen molar-refractivity contribution in [3.8, 4) is 10.6 Å². The van der Waals surface area contributed by atoms with E-state index >= 15 is 0 Å². The lowest BCUT2D eigenvalue weighted by molar-refractivity contribution is -0.121. The van der Waals surface area contributed by atoms with Gasteiger partial charge in [-0.1, -0.05) is 24.3 Å². The van der Waals surface area contributed by atoms with Crippen LogP contribution < -0.4 is 15.9 Å². The minimum absolute atomic E-state index is 0.0330. The Balaban J connectivity index is 1.82. The topological polar surface area (TPSA) is 80.1 Å². The summed E-state index contributed by atoms with van der Waals surface area (Å²) in [5.74, 6) is -0.179. The average Bonchev–Trinajstić information content (AvgIpc) is 3.41. The van der Waals surface area contributed by atoms with Crippen LogP contribution >= 0.6 is 22.7 Å². The molecule has 1 aliphatic heterocycles. The van der Waals surface area contributed by atoms with Gasteiger partial charge in [-0.3, -0.25) is 9.36 Å². The number of thiophene rings is 1. The van der Waals surface area contributed by atoms with Crippen LogP contribution in [0.15, 0.2) is 22.3 Å². The molecule has 4 heterocycles. The van der Waals surface area contributed by atoms with Crippen molar-refractivity contribution in [2.24, 2.45) is 0 Å². The van der Waals surface area contributed by atoms with E-state index in [1.807, 2.05) is 24.4 Å². The maximum atomic E-state index is 12.7. The molecule has 0 atom stereocenters. The molecule has 1 N–H and O–H groups in total. The molecule has 0 aliphatic carbocycles. The number of aromatic nitrogens is 3. The smallest absolute Gasteiger partial charge is 0.349 e. The van der Waals surface area contributed by atoms with E-state index in [0.717, 1.165) is 42.4 Å². The second-order valence-corrected chi connectivity index (χ2v) is 8.40. The van der Waals surface area contributed by atoms with Crippen LogP contribution in [0.4, 0.5) is 5.13 Å². The van der Waals surface area contributed by atoms with Crippen molar-refractivity contribution in [3.05, 3.63) is 28.0 Å². The first-order valence-electron chi connectivity index (χ1n) is 9.14. The van der Waals surface area contributed by atoms with Gasteiger partial charge >= 0.3 is 5.69 Å². The fourth-order valence-electron chi connectivity index (χ4n) is 3.17. The van der Waals surface area contributed by atoms with Gasteiger partial charge in [0.2, 0.25) is 5.91 Å². The van der Waals surface area contributed by atoms with Crippen molar-refractivity contribution in [2.75, 3.05) is 24.5 Å². The first-order chi connectivity index (χ1) is 13.2. The monoisotopic (exact) mass is 403 g/mol. The molecule has 1 amide bonds. The number of fused-ring (bicyclic) bond motifs is 1. The fraction of sp³-hybridized carbons (Fsp3) is 0.444. The Morgan fingerprint density at radius 2 is 2.11 bits per heavy atom. The number of nitrogens with one attached hydrogen (secondary N) is 1. The molecule has 3 aromatic rings. The Morgan fingerprint density at radius 3 is 2.81 bits per heavy atom. The van der Waals surface area contributed by atoms with E-state index in [0.29, 0.717) is 22.6 Å². The van der Waals surface area contributed by atoms with Crippen LogP contribution in [-0.2, 0) is 11.3 Å². The van der Waals surface area contributed by atoms with Crippen molar-refractivity contribution in [2.45, 2.75) is 32.7 Å². The summed E-state index contributed by atoms with van der Waals surface area (Å²) in [4.78, 5) is 37.9. The minimum Gasteiger partial charge on any atom is -0.355 e. The summed E-state index contributed by atoms with van der Waals surface area (Å²) in [7, 11) is 0. The third kappa shape index (κ3) is 3.61. The van der Waals surface area contributed by atoms with Gasteiger partial charge in [-0.25, -0.2) is 9.78 Å². The van der Waals surface area contributed by atoms with Gasteiger partial charge in [0.15, 0.2) is 5.13 Å². The van der Waals surface area contributed by atoms with E-state index in [9.17, 15) is 9.59 Å². The maximum Gasteiger partial charge on any atom is 0.349 e. The highest BCUT2D eigenvalue weighted by Crippen LogP contribution is 2.35. The van der Waals surface area contributed by atoms with E-state index in [1.54, 1.807) is 0 Å². The quantitative estimate of drug-likeness (QED) is 0.684. The third-order valence-electron chi connectivity index (χ3n) is 4.51. The second kappa shape index (κ2) is 7.77. The van der Waals surface area contributed by atoms with Crippen LogP contribution in [-0.4, -0.2) is 40.1 Å². The Labute approximate surface area is 164 Å². The molecule has 0 unspecified atom stereocenters. The molecule has 142 valence electrons. The predicted molar refractivity (Wildman–Crippen MR) is 110 cm³/mol. The number of amides is 1.